The highest BCUT2D eigenvalue weighted by Crippen LogP contribution is 2.42. The predicted octanol–water partition coefficient (Wildman–Crippen LogP) is 2.76. The molecule has 1 aromatic rings. The number of hydrogen-bond donors (Lipinski definition) is 1. The van der Waals surface area contributed by atoms with Crippen LogP contribution in [0.4, 0.5) is 0 Å². The molecule has 1 N–H and O–H groups in total. The maximum Gasteiger partial charge on any atom is 0.309 e. The Hall–Kier alpha value is -1.35. The quantitative estimate of drug-likeness (QED) is 0.891. The Labute approximate surface area is 108 Å². The first-order chi connectivity index (χ1) is 8.36. The molecule has 0 bridgehead atoms. The normalized spacial score (nSPS) is 18.2. The topological polar surface area (TPSA) is 46.5 Å². The molecule has 98 valence electrons. The number of carbonyl (C=O) groups is 1. The number of carboxylic acid groups (broad SMARTS) is 1. The molecule has 18 heavy (non-hydrogen) atoms. The van der Waals surface area contributed by atoms with Crippen molar-refractivity contribution in [1.29, 1.82) is 0 Å². The van der Waals surface area contributed by atoms with Crippen LogP contribution in [0.5, 0.6) is 0 Å². The van der Waals surface area contributed by atoms with Gasteiger partial charge in [-0.3, -0.25) is 4.79 Å². The molecule has 0 saturated carbocycles. The zero-order chi connectivity index (χ0) is 13.4. The van der Waals surface area contributed by atoms with Gasteiger partial charge in [0, 0.05) is 5.41 Å². The summed E-state index contributed by atoms with van der Waals surface area (Å²) in [5.41, 5.74) is 1.54. The van der Waals surface area contributed by atoms with E-state index in [4.69, 9.17) is 4.74 Å². The molecular formula is C15H20O3. The first-order valence-corrected chi connectivity index (χ1v) is 6.24. The van der Waals surface area contributed by atoms with Crippen LogP contribution in [0.3, 0.4) is 0 Å². The van der Waals surface area contributed by atoms with Crippen molar-refractivity contribution in [3.8, 4) is 0 Å². The molecule has 2 rings (SSSR count). The Morgan fingerprint density at radius 1 is 1.44 bits per heavy atom. The van der Waals surface area contributed by atoms with Gasteiger partial charge in [0.2, 0.25) is 0 Å². The van der Waals surface area contributed by atoms with Crippen LogP contribution in [-0.4, -0.2) is 24.3 Å². The molecule has 0 amide bonds. The SMILES string of the molecule is Cc1cccc(C2(CC(C)(C)C(=O)O)COC2)c1. The third kappa shape index (κ3) is 2.27. The van der Waals surface area contributed by atoms with E-state index in [1.165, 1.54) is 11.1 Å². The fourth-order valence-electron chi connectivity index (χ4n) is 2.62. The molecule has 1 heterocycles. The van der Waals surface area contributed by atoms with Crippen LogP contribution in [0.15, 0.2) is 24.3 Å². The van der Waals surface area contributed by atoms with E-state index in [2.05, 4.69) is 25.1 Å². The first kappa shape index (κ1) is 13.1. The van der Waals surface area contributed by atoms with Crippen molar-refractivity contribution in [3.63, 3.8) is 0 Å². The van der Waals surface area contributed by atoms with E-state index < -0.39 is 11.4 Å². The number of aliphatic carboxylic acids is 1. The Kier molecular flexibility index (Phi) is 3.20. The van der Waals surface area contributed by atoms with Gasteiger partial charge in [-0.1, -0.05) is 29.8 Å². The predicted molar refractivity (Wildman–Crippen MR) is 69.7 cm³/mol. The number of ether oxygens (including phenoxy) is 1. The zero-order valence-electron chi connectivity index (χ0n) is 11.2. The van der Waals surface area contributed by atoms with Gasteiger partial charge >= 0.3 is 5.97 Å². The molecular weight excluding hydrogens is 228 g/mol. The molecule has 1 aliphatic heterocycles. The lowest BCUT2D eigenvalue weighted by molar-refractivity contribution is -0.152. The van der Waals surface area contributed by atoms with E-state index >= 15 is 0 Å². The smallest absolute Gasteiger partial charge is 0.309 e. The highest BCUT2D eigenvalue weighted by atomic mass is 16.5. The average molecular weight is 248 g/mol. The van der Waals surface area contributed by atoms with Crippen molar-refractivity contribution >= 4 is 5.97 Å². The van der Waals surface area contributed by atoms with Crippen LogP contribution in [0.1, 0.15) is 31.4 Å². The van der Waals surface area contributed by atoms with Gasteiger partial charge in [-0.05, 0) is 32.8 Å². The number of rotatable bonds is 4. The van der Waals surface area contributed by atoms with Gasteiger partial charge in [-0.2, -0.15) is 0 Å². The Balaban J connectivity index is 2.29. The summed E-state index contributed by atoms with van der Waals surface area (Å²) in [6.45, 7) is 6.86. The van der Waals surface area contributed by atoms with Crippen molar-refractivity contribution in [2.45, 2.75) is 32.6 Å². The third-order valence-electron chi connectivity index (χ3n) is 3.75. The van der Waals surface area contributed by atoms with Crippen molar-refractivity contribution in [3.05, 3.63) is 35.4 Å². The Morgan fingerprint density at radius 2 is 2.11 bits per heavy atom. The summed E-state index contributed by atoms with van der Waals surface area (Å²) >= 11 is 0. The summed E-state index contributed by atoms with van der Waals surface area (Å²) in [4.78, 5) is 11.3. The number of aryl methyl sites for hydroxylation is 1. The Bertz CT molecular complexity index is 459. The molecule has 0 radical (unpaired) electrons. The van der Waals surface area contributed by atoms with E-state index in [0.717, 1.165) is 0 Å². The van der Waals surface area contributed by atoms with Crippen LogP contribution in [0, 0.1) is 12.3 Å². The zero-order valence-corrected chi connectivity index (χ0v) is 11.2. The highest BCUT2D eigenvalue weighted by Gasteiger charge is 2.46. The fraction of sp³-hybridized carbons (Fsp3) is 0.533. The van der Waals surface area contributed by atoms with E-state index in [1.54, 1.807) is 13.8 Å². The summed E-state index contributed by atoms with van der Waals surface area (Å²) in [5.74, 6) is -0.749. The second-order valence-corrected chi connectivity index (χ2v) is 6.01. The summed E-state index contributed by atoms with van der Waals surface area (Å²) in [5, 5.41) is 9.28. The van der Waals surface area contributed by atoms with Crippen LogP contribution in [-0.2, 0) is 14.9 Å². The van der Waals surface area contributed by atoms with E-state index in [-0.39, 0.29) is 5.41 Å². The second-order valence-electron chi connectivity index (χ2n) is 6.01. The lowest BCUT2D eigenvalue weighted by atomic mass is 9.67. The van der Waals surface area contributed by atoms with Gasteiger partial charge in [0.15, 0.2) is 0 Å². The molecule has 0 aliphatic carbocycles. The first-order valence-electron chi connectivity index (χ1n) is 6.24. The molecule has 0 atom stereocenters. The highest BCUT2D eigenvalue weighted by molar-refractivity contribution is 5.73. The van der Waals surface area contributed by atoms with Crippen LogP contribution in [0.25, 0.3) is 0 Å². The van der Waals surface area contributed by atoms with Gasteiger partial charge in [0.1, 0.15) is 0 Å². The minimum Gasteiger partial charge on any atom is -0.481 e. The molecule has 0 unspecified atom stereocenters. The summed E-state index contributed by atoms with van der Waals surface area (Å²) in [6.07, 6.45) is 0.610. The molecule has 0 spiro atoms. The van der Waals surface area contributed by atoms with Crippen LogP contribution >= 0.6 is 0 Å². The molecule has 1 aromatic carbocycles. The molecule has 0 aromatic heterocycles. The molecule has 1 saturated heterocycles. The molecule has 3 nitrogen and oxygen atoms in total. The third-order valence-corrected chi connectivity index (χ3v) is 3.75. The standard InChI is InChI=1S/C15H20O3/c1-11-5-4-6-12(7-11)15(9-18-10-15)8-14(2,3)13(16)17/h4-7H,8-10H2,1-3H3,(H,16,17). The van der Waals surface area contributed by atoms with Gasteiger partial charge in [-0.15, -0.1) is 0 Å². The lowest BCUT2D eigenvalue weighted by Gasteiger charge is -2.45. The minimum atomic E-state index is -0.749. The van der Waals surface area contributed by atoms with E-state index in [0.29, 0.717) is 19.6 Å². The average Bonchev–Trinajstić information content (AvgIpc) is 2.23. The number of benzene rings is 1. The van der Waals surface area contributed by atoms with Gasteiger partial charge in [0.25, 0.3) is 0 Å². The van der Waals surface area contributed by atoms with Gasteiger partial charge in [-0.25, -0.2) is 0 Å². The largest absolute Gasteiger partial charge is 0.481 e. The van der Waals surface area contributed by atoms with Crippen LogP contribution < -0.4 is 0 Å². The summed E-state index contributed by atoms with van der Waals surface area (Å²) < 4.78 is 5.37. The van der Waals surface area contributed by atoms with Crippen molar-refractivity contribution in [2.24, 2.45) is 5.41 Å². The van der Waals surface area contributed by atoms with E-state index in [1.807, 2.05) is 6.07 Å². The van der Waals surface area contributed by atoms with Gasteiger partial charge in [0.05, 0.1) is 18.6 Å². The summed E-state index contributed by atoms with van der Waals surface area (Å²) in [6, 6.07) is 8.30. The maximum absolute atomic E-state index is 11.3. The number of hydrogen-bond acceptors (Lipinski definition) is 2. The maximum atomic E-state index is 11.3. The second kappa shape index (κ2) is 4.39. The van der Waals surface area contributed by atoms with Gasteiger partial charge < -0.3 is 9.84 Å². The molecule has 1 fully saturated rings. The minimum absolute atomic E-state index is 0.131. The molecule has 1 aliphatic rings. The Morgan fingerprint density at radius 3 is 2.56 bits per heavy atom. The number of carboxylic acids is 1. The monoisotopic (exact) mass is 248 g/mol. The van der Waals surface area contributed by atoms with Crippen molar-refractivity contribution < 1.29 is 14.6 Å². The molecule has 3 heteroatoms. The lowest BCUT2D eigenvalue weighted by Crippen LogP contribution is -2.50. The van der Waals surface area contributed by atoms with Crippen molar-refractivity contribution in [1.82, 2.24) is 0 Å². The van der Waals surface area contributed by atoms with Crippen molar-refractivity contribution in [2.75, 3.05) is 13.2 Å². The summed E-state index contributed by atoms with van der Waals surface area (Å²) in [7, 11) is 0. The van der Waals surface area contributed by atoms with Crippen LogP contribution in [0.2, 0.25) is 0 Å². The fourth-order valence-corrected chi connectivity index (χ4v) is 2.62. The van der Waals surface area contributed by atoms with E-state index in [9.17, 15) is 9.90 Å².